The Labute approximate surface area is 374 Å². The molecule has 0 N–H and O–H groups in total. The summed E-state index contributed by atoms with van der Waals surface area (Å²) in [6.07, 6.45) is 9.39. The van der Waals surface area contributed by atoms with Gasteiger partial charge in [0.15, 0.2) is 5.78 Å². The van der Waals surface area contributed by atoms with Crippen molar-refractivity contribution in [3.05, 3.63) is 36.5 Å². The van der Waals surface area contributed by atoms with Crippen LogP contribution in [-0.2, 0) is 47.1 Å². The first kappa shape index (κ1) is 49.6. The summed E-state index contributed by atoms with van der Waals surface area (Å²) in [6.45, 7) is 15.8. The van der Waals surface area contributed by atoms with Gasteiger partial charge in [0.05, 0.1) is 70.0 Å². The van der Waals surface area contributed by atoms with Crippen LogP contribution in [0.15, 0.2) is 36.5 Å². The monoisotopic (exact) mass is 982 g/mol. The molecule has 24 atom stereocenters. The first-order chi connectivity index (χ1) is 28.7. The van der Waals surface area contributed by atoms with E-state index in [1.54, 1.807) is 6.08 Å². The number of fused-ring (bicyclic) bond motifs is 7. The molecule has 7 aliphatic rings. The van der Waals surface area contributed by atoms with Gasteiger partial charge in [-0.2, -0.15) is 0 Å². The smallest absolute Gasteiger partial charge is 0.158 e. The molecule has 9 unspecified atom stereocenters. The van der Waals surface area contributed by atoms with E-state index in [-0.39, 0.29) is 78.7 Å². The van der Waals surface area contributed by atoms with E-state index in [0.29, 0.717) is 43.9 Å². The number of Topliss-reactive ketones (excluding diaryl/α,β-unsaturated/α-hetero) is 1. The second-order valence-corrected chi connectivity index (χ2v) is 32.2. The average Bonchev–Trinajstić information content (AvgIpc) is 3.81. The molecular formula is C42H70O10P8. The summed E-state index contributed by atoms with van der Waals surface area (Å²) >= 11 is 0. The molecule has 0 aromatic rings. The summed E-state index contributed by atoms with van der Waals surface area (Å²) in [5.74, 6) is 1.31. The Hall–Kier alpha value is 1.68. The zero-order valence-corrected chi connectivity index (χ0v) is 44.1. The molecule has 18 heteroatoms. The van der Waals surface area contributed by atoms with Crippen LogP contribution >= 0.6 is 68.0 Å². The third-order valence-corrected chi connectivity index (χ3v) is 18.0. The number of rotatable bonds is 9. The van der Waals surface area contributed by atoms with Gasteiger partial charge in [-0.05, 0) is 92.0 Å². The second kappa shape index (κ2) is 22.7. The van der Waals surface area contributed by atoms with Crippen molar-refractivity contribution < 1.29 is 47.1 Å². The molecule has 0 radical (unpaired) electrons. The van der Waals surface area contributed by atoms with Crippen LogP contribution in [0.4, 0.5) is 0 Å². The molecule has 8 bridgehead atoms. The molecule has 0 aromatic heterocycles. The fourth-order valence-corrected chi connectivity index (χ4v) is 14.8. The van der Waals surface area contributed by atoms with Crippen molar-refractivity contribution in [3.8, 4) is 0 Å². The Morgan fingerprint density at radius 3 is 2.25 bits per heavy atom. The maximum Gasteiger partial charge on any atom is 0.158 e. The van der Waals surface area contributed by atoms with E-state index < -0.39 is 51.7 Å². The van der Waals surface area contributed by atoms with E-state index in [4.69, 9.17) is 37.5 Å². The van der Waals surface area contributed by atoms with Gasteiger partial charge >= 0.3 is 0 Å². The van der Waals surface area contributed by atoms with Crippen molar-refractivity contribution in [2.45, 2.75) is 183 Å². The second-order valence-electron chi connectivity index (χ2n) is 18.5. The van der Waals surface area contributed by atoms with E-state index in [0.717, 1.165) is 51.5 Å². The molecule has 0 spiro atoms. The maximum absolute atomic E-state index is 14.3. The zero-order valence-electron chi connectivity index (χ0n) is 35.5. The van der Waals surface area contributed by atoms with Crippen LogP contribution in [0, 0.1) is 23.7 Å². The Bertz CT molecular complexity index is 1560. The lowest BCUT2D eigenvalue weighted by molar-refractivity contribution is -0.251. The van der Waals surface area contributed by atoms with Crippen molar-refractivity contribution in [2.24, 2.45) is 23.7 Å². The molecule has 7 heterocycles. The molecule has 0 aliphatic carbocycles. The van der Waals surface area contributed by atoms with Gasteiger partial charge in [-0.1, -0.05) is 75.7 Å². The van der Waals surface area contributed by atoms with Gasteiger partial charge in [-0.3, -0.25) is 9.59 Å². The van der Waals surface area contributed by atoms with Gasteiger partial charge in [0.1, 0.15) is 36.3 Å². The van der Waals surface area contributed by atoms with Crippen LogP contribution in [0.2, 0.25) is 0 Å². The largest absolute Gasteiger partial charge is 0.374 e. The van der Waals surface area contributed by atoms with Crippen LogP contribution in [0.1, 0.15) is 97.8 Å². The van der Waals surface area contributed by atoms with Gasteiger partial charge in [0, 0.05) is 32.1 Å². The highest BCUT2D eigenvalue weighted by atomic mass is 32.4. The Kier molecular flexibility index (Phi) is 18.7. The average molecular weight is 983 g/mol. The third kappa shape index (κ3) is 12.4. The van der Waals surface area contributed by atoms with Crippen molar-refractivity contribution in [2.75, 3.05) is 6.16 Å². The number of hydrogen-bond acceptors (Lipinski definition) is 10. The topological polar surface area (TPSA) is 108 Å². The minimum absolute atomic E-state index is 0.0583. The van der Waals surface area contributed by atoms with E-state index in [2.05, 4.69) is 78.6 Å². The van der Waals surface area contributed by atoms with Gasteiger partial charge in [-0.25, -0.2) is 0 Å². The van der Waals surface area contributed by atoms with Crippen LogP contribution in [-0.4, -0.2) is 103 Å². The highest BCUT2D eigenvalue weighted by molar-refractivity contribution is 8.41. The quantitative estimate of drug-likeness (QED) is 0.164. The van der Waals surface area contributed by atoms with Crippen LogP contribution in [0.3, 0.4) is 0 Å². The Morgan fingerprint density at radius 2 is 1.50 bits per heavy atom. The molecule has 7 rings (SSSR count). The fraction of sp³-hybridized carbons (Fsp3) is 0.810. The van der Waals surface area contributed by atoms with E-state index in [1.165, 1.54) is 12.6 Å². The fourth-order valence-electron chi connectivity index (χ4n) is 10.9. The first-order valence-electron chi connectivity index (χ1n) is 22.0. The summed E-state index contributed by atoms with van der Waals surface area (Å²) in [5.41, 5.74) is 2.17. The lowest BCUT2D eigenvalue weighted by Gasteiger charge is -2.48. The molecule has 0 aromatic carbocycles. The summed E-state index contributed by atoms with van der Waals surface area (Å²) in [5, 5.41) is 0. The van der Waals surface area contributed by atoms with E-state index >= 15 is 0 Å². The lowest BCUT2D eigenvalue weighted by Crippen LogP contribution is -2.61. The van der Waals surface area contributed by atoms with Gasteiger partial charge < -0.3 is 37.5 Å². The summed E-state index contributed by atoms with van der Waals surface area (Å²) in [4.78, 5) is 27.9. The maximum atomic E-state index is 14.3. The number of carbonyl (C=O) groups excluding carboxylic acids is 2. The van der Waals surface area contributed by atoms with Crippen LogP contribution < -0.4 is 0 Å². The Morgan fingerprint density at radius 1 is 0.783 bits per heavy atom. The molecule has 7 aliphatic heterocycles. The Balaban J connectivity index is 1.15. The number of allylic oxidation sites excluding steroid dienone is 1. The lowest BCUT2D eigenvalue weighted by atomic mass is 9.78. The molecule has 10 nitrogen and oxygen atoms in total. The predicted molar refractivity (Wildman–Crippen MR) is 261 cm³/mol. The molecule has 338 valence electrons. The molecule has 60 heavy (non-hydrogen) atoms. The normalized spacial score (nSPS) is 44.2. The molecule has 6 fully saturated rings. The first-order valence-corrected chi connectivity index (χ1v) is 34.1. The van der Waals surface area contributed by atoms with Crippen LogP contribution in [0.5, 0.6) is 0 Å². The van der Waals surface area contributed by atoms with Crippen molar-refractivity contribution in [1.82, 2.24) is 0 Å². The highest BCUT2D eigenvalue weighted by Gasteiger charge is 2.59. The summed E-state index contributed by atoms with van der Waals surface area (Å²) in [7, 11) is 12.8. The third-order valence-electron chi connectivity index (χ3n) is 14.1. The summed E-state index contributed by atoms with van der Waals surface area (Å²) in [6, 6.07) is 0. The van der Waals surface area contributed by atoms with E-state index in [1.807, 2.05) is 6.08 Å². The number of hydrogen-bond donors (Lipinski definition) is 0. The number of ether oxygens (including phenoxy) is 6. The minimum Gasteiger partial charge on any atom is -0.374 e. The van der Waals surface area contributed by atoms with Crippen molar-refractivity contribution >= 4 is 79.5 Å². The van der Waals surface area contributed by atoms with Gasteiger partial charge in [0.2, 0.25) is 0 Å². The van der Waals surface area contributed by atoms with Gasteiger partial charge in [0.25, 0.3) is 0 Å². The molecule has 0 saturated carbocycles. The van der Waals surface area contributed by atoms with Crippen molar-refractivity contribution in [3.63, 3.8) is 0 Å². The summed E-state index contributed by atoms with van der Waals surface area (Å²) < 4.78 is 54.0. The molecule has 0 amide bonds. The number of ketones is 2. The van der Waals surface area contributed by atoms with Crippen LogP contribution in [0.25, 0.3) is 0 Å². The van der Waals surface area contributed by atoms with Gasteiger partial charge in [-0.15, -0.1) is 17.2 Å². The SMILES string of the molecule is C=C1C[C@@H]2/C=C/C(=O)C[C@H]3O[C@H]4[C@@H](OP(P)P)[C@H]5O[C@H](CC[C@@H]5O[C@H]4[C@H]3OP(P)P)CC(=O)CC3C(C[C@H]4O[C@@H](CCC1O2)C[C@@H](C)C4=C)O[C@H](C[C@H](C)CCPP)[C@@H]3C. The predicted octanol–water partition coefficient (Wildman–Crippen LogP) is 9.81. The standard InChI is InChI=1S/C42H70O10P8/c1-21(12-13-58-53)14-34-25(5)31-18-27(44)17-30-9-11-33-38(47-30)42(52-60(56)57)41-40(49-33)39(51-59(54)55)37(50-41)19-26(43)6-7-28-16-23(3)32(45-28)10-8-29-15-22(2)24(4)35(46-29)20-36(31)48-34/h6-7,21-22,25,28-42,58H,3-4,8-20,53-57H2,1-2,5H3/b7-6+/t21-,22-,25-,28+,29+,30-,31?,32?,33+,34-,35-,36?,37-,38+,39+,40+,41-,42+/m1/s1. The minimum atomic E-state index is -0.962. The molecule has 6 saturated heterocycles. The zero-order chi connectivity index (χ0) is 42.8. The molecular weight excluding hydrogens is 912 g/mol. The highest BCUT2D eigenvalue weighted by Crippen LogP contribution is 2.60. The van der Waals surface area contributed by atoms with E-state index in [9.17, 15) is 9.59 Å². The van der Waals surface area contributed by atoms with Crippen molar-refractivity contribution in [1.29, 1.82) is 0 Å². The number of carbonyl (C=O) groups is 2.